The molecule has 0 aromatic heterocycles. The normalized spacial score (nSPS) is 14.6. The lowest BCUT2D eigenvalue weighted by molar-refractivity contribution is 0.478. The molecule has 3 N–H and O–H groups in total. The fourth-order valence-corrected chi connectivity index (χ4v) is 3.51. The van der Waals surface area contributed by atoms with Gasteiger partial charge in [0, 0.05) is 20.0 Å². The van der Waals surface area contributed by atoms with Crippen molar-refractivity contribution >= 4 is 15.9 Å². The van der Waals surface area contributed by atoms with Gasteiger partial charge in [-0.05, 0) is 42.5 Å². The van der Waals surface area contributed by atoms with Crippen LogP contribution in [0.15, 0.2) is 23.1 Å². The van der Waals surface area contributed by atoms with E-state index in [0.29, 0.717) is 4.90 Å². The summed E-state index contributed by atoms with van der Waals surface area (Å²) in [5, 5.41) is 7.15. The number of nitrogens with two attached hydrogens (primary N) is 1. The molecule has 104 valence electrons. The molecule has 0 saturated carbocycles. The van der Waals surface area contributed by atoms with Crippen LogP contribution in [0.2, 0.25) is 0 Å². The molecule has 0 radical (unpaired) electrons. The summed E-state index contributed by atoms with van der Waals surface area (Å²) in [5.41, 5.74) is 7.65. The summed E-state index contributed by atoms with van der Waals surface area (Å²) < 4.78 is 26.0. The second-order valence-corrected chi connectivity index (χ2v) is 6.93. The Hall–Kier alpha value is -1.40. The van der Waals surface area contributed by atoms with Gasteiger partial charge < -0.3 is 5.73 Å². The summed E-state index contributed by atoms with van der Waals surface area (Å²) in [5.74, 6) is -0.00370. The van der Waals surface area contributed by atoms with Crippen molar-refractivity contribution in [3.8, 4) is 0 Å². The highest BCUT2D eigenvalue weighted by molar-refractivity contribution is 7.89. The predicted octanol–water partition coefficient (Wildman–Crippen LogP) is 1.12. The molecule has 0 amide bonds. The molecular weight excluding hydrogens is 262 g/mol. The molecule has 0 fully saturated rings. The molecule has 19 heavy (non-hydrogen) atoms. The molecular formula is C13H19N3O2S. The van der Waals surface area contributed by atoms with E-state index in [1.807, 2.05) is 6.07 Å². The molecule has 1 aliphatic rings. The van der Waals surface area contributed by atoms with Crippen LogP contribution in [0.3, 0.4) is 0 Å². The number of rotatable bonds is 5. The third kappa shape index (κ3) is 2.96. The van der Waals surface area contributed by atoms with Gasteiger partial charge in [-0.25, -0.2) is 12.7 Å². The number of fused-ring (bicyclic) bond motifs is 1. The average molecular weight is 281 g/mol. The zero-order chi connectivity index (χ0) is 14.0. The number of benzene rings is 1. The average Bonchev–Trinajstić information content (AvgIpc) is 2.82. The highest BCUT2D eigenvalue weighted by atomic mass is 32.2. The van der Waals surface area contributed by atoms with Gasteiger partial charge in [0.2, 0.25) is 10.0 Å². The molecule has 1 aromatic rings. The molecule has 0 aliphatic heterocycles. The zero-order valence-electron chi connectivity index (χ0n) is 11.0. The maximum Gasteiger partial charge on any atom is 0.242 e. The number of nitrogens with one attached hydrogen (secondary N) is 1. The Balaban J connectivity index is 2.21. The molecule has 0 bridgehead atoms. The van der Waals surface area contributed by atoms with E-state index in [2.05, 4.69) is 0 Å². The Kier molecular flexibility index (Phi) is 3.91. The first kappa shape index (κ1) is 14.0. The summed E-state index contributed by atoms with van der Waals surface area (Å²) >= 11 is 0. The number of amidine groups is 1. The van der Waals surface area contributed by atoms with E-state index in [1.54, 1.807) is 12.1 Å². The summed E-state index contributed by atoms with van der Waals surface area (Å²) in [6, 6.07) is 5.36. The van der Waals surface area contributed by atoms with Crippen molar-refractivity contribution in [1.29, 1.82) is 5.41 Å². The Morgan fingerprint density at radius 3 is 2.74 bits per heavy atom. The van der Waals surface area contributed by atoms with Crippen LogP contribution in [0.4, 0.5) is 0 Å². The van der Waals surface area contributed by atoms with Crippen molar-refractivity contribution in [2.45, 2.75) is 30.6 Å². The Morgan fingerprint density at radius 2 is 2.05 bits per heavy atom. The van der Waals surface area contributed by atoms with Crippen molar-refractivity contribution < 1.29 is 8.42 Å². The van der Waals surface area contributed by atoms with E-state index in [0.717, 1.165) is 24.8 Å². The van der Waals surface area contributed by atoms with E-state index in [9.17, 15) is 8.42 Å². The molecule has 5 nitrogen and oxygen atoms in total. The third-order valence-electron chi connectivity index (χ3n) is 3.47. The molecule has 0 atom stereocenters. The van der Waals surface area contributed by atoms with Crippen LogP contribution in [-0.4, -0.2) is 32.2 Å². The van der Waals surface area contributed by atoms with Gasteiger partial charge in [-0.15, -0.1) is 0 Å². The van der Waals surface area contributed by atoms with Gasteiger partial charge in [-0.3, -0.25) is 5.41 Å². The third-order valence-corrected chi connectivity index (χ3v) is 5.33. The van der Waals surface area contributed by atoms with Gasteiger partial charge in [0.25, 0.3) is 0 Å². The molecule has 0 heterocycles. The summed E-state index contributed by atoms with van der Waals surface area (Å²) in [4.78, 5) is 0.333. The second kappa shape index (κ2) is 5.30. The van der Waals surface area contributed by atoms with Crippen LogP contribution < -0.4 is 5.73 Å². The molecule has 6 heteroatoms. The van der Waals surface area contributed by atoms with E-state index < -0.39 is 10.0 Å². The van der Waals surface area contributed by atoms with Gasteiger partial charge in [0.05, 0.1) is 10.7 Å². The van der Waals surface area contributed by atoms with Crippen molar-refractivity contribution in [3.63, 3.8) is 0 Å². The lowest BCUT2D eigenvalue weighted by Gasteiger charge is -2.17. The van der Waals surface area contributed by atoms with Crippen LogP contribution in [0, 0.1) is 5.41 Å². The quantitative estimate of drug-likeness (QED) is 0.626. The van der Waals surface area contributed by atoms with Crippen molar-refractivity contribution in [1.82, 2.24) is 4.31 Å². The minimum atomic E-state index is -3.48. The fraction of sp³-hybridized carbons (Fsp3) is 0.462. The minimum absolute atomic E-state index is 0.00370. The van der Waals surface area contributed by atoms with E-state index in [-0.39, 0.29) is 18.8 Å². The molecule has 1 aliphatic carbocycles. The maximum absolute atomic E-state index is 12.4. The summed E-state index contributed by atoms with van der Waals surface area (Å²) in [6.45, 7) is 0.231. The smallest absolute Gasteiger partial charge is 0.242 e. The molecule has 1 aromatic carbocycles. The molecule has 0 saturated heterocycles. The zero-order valence-corrected chi connectivity index (χ0v) is 11.8. The van der Waals surface area contributed by atoms with Crippen molar-refractivity contribution in [2.75, 3.05) is 13.6 Å². The Labute approximate surface area is 114 Å². The lowest BCUT2D eigenvalue weighted by atomic mass is 10.1. The highest BCUT2D eigenvalue weighted by Gasteiger charge is 2.22. The number of hydrogen-bond acceptors (Lipinski definition) is 3. The van der Waals surface area contributed by atoms with Gasteiger partial charge >= 0.3 is 0 Å². The van der Waals surface area contributed by atoms with Gasteiger partial charge in [0.15, 0.2) is 0 Å². The summed E-state index contributed by atoms with van der Waals surface area (Å²) in [6.07, 6.45) is 3.34. The fourth-order valence-electron chi connectivity index (χ4n) is 2.29. The maximum atomic E-state index is 12.4. The van der Waals surface area contributed by atoms with Crippen LogP contribution in [0.25, 0.3) is 0 Å². The van der Waals surface area contributed by atoms with Gasteiger partial charge in [0.1, 0.15) is 0 Å². The standard InChI is InChI=1S/C13H19N3O2S/c1-16(8-7-13(14)15)19(17,18)12-6-5-10-3-2-4-11(10)9-12/h5-6,9H,2-4,7-8H2,1H3,(H3,14,15). The molecule has 0 unspecified atom stereocenters. The predicted molar refractivity (Wildman–Crippen MR) is 74.8 cm³/mol. The molecule has 0 spiro atoms. The van der Waals surface area contributed by atoms with Crippen molar-refractivity contribution in [2.24, 2.45) is 5.73 Å². The van der Waals surface area contributed by atoms with Crippen molar-refractivity contribution in [3.05, 3.63) is 29.3 Å². The Morgan fingerprint density at radius 1 is 1.37 bits per heavy atom. The van der Waals surface area contributed by atoms with Crippen LogP contribution in [0.5, 0.6) is 0 Å². The van der Waals surface area contributed by atoms with Crippen LogP contribution in [-0.2, 0) is 22.9 Å². The number of sulfonamides is 1. The minimum Gasteiger partial charge on any atom is -0.388 e. The summed E-state index contributed by atoms with van der Waals surface area (Å²) in [7, 11) is -1.96. The highest BCUT2D eigenvalue weighted by Crippen LogP contribution is 2.25. The Bertz CT molecular complexity index is 596. The second-order valence-electron chi connectivity index (χ2n) is 4.89. The largest absolute Gasteiger partial charge is 0.388 e. The SMILES string of the molecule is CN(CCC(=N)N)S(=O)(=O)c1ccc2c(c1)CCC2. The lowest BCUT2D eigenvalue weighted by Crippen LogP contribution is -2.30. The number of hydrogen-bond donors (Lipinski definition) is 2. The van der Waals surface area contributed by atoms with Gasteiger partial charge in [-0.1, -0.05) is 6.07 Å². The first-order valence-electron chi connectivity index (χ1n) is 6.32. The number of nitrogens with zero attached hydrogens (tertiary/aromatic N) is 1. The van der Waals surface area contributed by atoms with E-state index in [1.165, 1.54) is 16.9 Å². The number of aryl methyl sites for hydroxylation is 2. The van der Waals surface area contributed by atoms with E-state index in [4.69, 9.17) is 11.1 Å². The van der Waals surface area contributed by atoms with Crippen LogP contribution >= 0.6 is 0 Å². The van der Waals surface area contributed by atoms with Crippen LogP contribution in [0.1, 0.15) is 24.0 Å². The van der Waals surface area contributed by atoms with Gasteiger partial charge in [-0.2, -0.15) is 0 Å². The van der Waals surface area contributed by atoms with E-state index >= 15 is 0 Å². The first-order valence-corrected chi connectivity index (χ1v) is 7.76. The molecule has 2 rings (SSSR count). The topological polar surface area (TPSA) is 87.2 Å². The monoisotopic (exact) mass is 281 g/mol. The first-order chi connectivity index (χ1) is 8.91.